The fourth-order valence-corrected chi connectivity index (χ4v) is 1.76. The Morgan fingerprint density at radius 1 is 1.53 bits per heavy atom. The van der Waals surface area contributed by atoms with Crippen LogP contribution in [0.4, 0.5) is 0 Å². The van der Waals surface area contributed by atoms with E-state index < -0.39 is 0 Å². The van der Waals surface area contributed by atoms with Crippen molar-refractivity contribution in [1.29, 1.82) is 5.26 Å². The molecule has 6 nitrogen and oxygen atoms in total. The van der Waals surface area contributed by atoms with Crippen LogP contribution in [0.15, 0.2) is 30.6 Å². The second kappa shape index (κ2) is 5.31. The van der Waals surface area contributed by atoms with Crippen molar-refractivity contribution in [3.8, 4) is 6.07 Å². The first kappa shape index (κ1) is 12.8. The van der Waals surface area contributed by atoms with Gasteiger partial charge < -0.3 is 9.88 Å². The molecule has 19 heavy (non-hydrogen) atoms. The molecule has 0 fully saturated rings. The molecule has 0 saturated heterocycles. The number of aromatic nitrogens is 3. The van der Waals surface area contributed by atoms with E-state index in [4.69, 9.17) is 5.26 Å². The summed E-state index contributed by atoms with van der Waals surface area (Å²) in [5.41, 5.74) is 0.909. The molecule has 1 heterocycles. The predicted octanol–water partition coefficient (Wildman–Crippen LogP) is 1.18. The molecule has 1 aromatic carbocycles. The second-order valence-electron chi connectivity index (χ2n) is 4.19. The molecular weight excluding hydrogens is 242 g/mol. The van der Waals surface area contributed by atoms with Crippen LogP contribution in [0.25, 0.3) is 0 Å². The number of hydrogen-bond acceptors (Lipinski definition) is 4. The van der Waals surface area contributed by atoms with E-state index in [-0.39, 0.29) is 11.9 Å². The quantitative estimate of drug-likeness (QED) is 0.892. The van der Waals surface area contributed by atoms with Gasteiger partial charge in [-0.1, -0.05) is 6.07 Å². The van der Waals surface area contributed by atoms with E-state index in [1.165, 1.54) is 0 Å². The Labute approximate surface area is 110 Å². The van der Waals surface area contributed by atoms with Crippen LogP contribution in [0.5, 0.6) is 0 Å². The van der Waals surface area contributed by atoms with E-state index in [1.54, 1.807) is 35.2 Å². The molecule has 0 radical (unpaired) electrons. The third-order valence-electron chi connectivity index (χ3n) is 2.74. The van der Waals surface area contributed by atoms with Gasteiger partial charge >= 0.3 is 0 Å². The zero-order valence-corrected chi connectivity index (χ0v) is 10.7. The van der Waals surface area contributed by atoms with Crippen LogP contribution < -0.4 is 5.32 Å². The summed E-state index contributed by atoms with van der Waals surface area (Å²) >= 11 is 0. The molecule has 0 aliphatic carbocycles. The predicted molar refractivity (Wildman–Crippen MR) is 68.0 cm³/mol. The third kappa shape index (κ3) is 2.77. The highest BCUT2D eigenvalue weighted by atomic mass is 16.1. The molecule has 0 aliphatic rings. The summed E-state index contributed by atoms with van der Waals surface area (Å²) in [6, 6.07) is 8.30. The van der Waals surface area contributed by atoms with Crippen LogP contribution in [-0.4, -0.2) is 20.7 Å². The molecule has 6 heteroatoms. The number of nitrogens with zero attached hydrogens (tertiary/aromatic N) is 4. The van der Waals surface area contributed by atoms with E-state index in [1.807, 2.05) is 20.0 Å². The minimum absolute atomic E-state index is 0.243. The summed E-state index contributed by atoms with van der Waals surface area (Å²) < 4.78 is 1.75. The summed E-state index contributed by atoms with van der Waals surface area (Å²) in [6.07, 6.45) is 1.58. The highest BCUT2D eigenvalue weighted by Crippen LogP contribution is 2.10. The Kier molecular flexibility index (Phi) is 3.57. The number of benzene rings is 1. The standard InChI is InChI=1S/C13H13N5O/c1-9(12-17-15-8-18(12)2)16-13(19)11-5-3-4-10(6-11)7-14/h3-6,8-9H,1-2H3,(H,16,19). The molecule has 1 amide bonds. The average molecular weight is 255 g/mol. The summed E-state index contributed by atoms with van der Waals surface area (Å²) in [7, 11) is 1.81. The molecule has 2 rings (SSSR count). The lowest BCUT2D eigenvalue weighted by atomic mass is 10.1. The van der Waals surface area contributed by atoms with Gasteiger partial charge in [-0.2, -0.15) is 5.26 Å². The molecule has 2 aromatic rings. The van der Waals surface area contributed by atoms with Crippen LogP contribution in [0, 0.1) is 11.3 Å². The van der Waals surface area contributed by atoms with E-state index in [0.717, 1.165) is 0 Å². The van der Waals surface area contributed by atoms with Gasteiger partial charge in [0.15, 0.2) is 5.82 Å². The van der Waals surface area contributed by atoms with Gasteiger partial charge in [-0.05, 0) is 25.1 Å². The number of carbonyl (C=O) groups is 1. The van der Waals surface area contributed by atoms with Gasteiger partial charge in [0.05, 0.1) is 17.7 Å². The molecule has 1 atom stereocenters. The Morgan fingerprint density at radius 3 is 2.95 bits per heavy atom. The molecule has 96 valence electrons. The molecule has 1 aromatic heterocycles. The van der Waals surface area contributed by atoms with Crippen molar-refractivity contribution in [3.05, 3.63) is 47.5 Å². The summed E-state index contributed by atoms with van der Waals surface area (Å²) in [5, 5.41) is 19.3. The Balaban J connectivity index is 2.13. The molecule has 0 bridgehead atoms. The van der Waals surface area contributed by atoms with Gasteiger partial charge in [-0.3, -0.25) is 4.79 Å². The number of rotatable bonds is 3. The van der Waals surface area contributed by atoms with Crippen molar-refractivity contribution < 1.29 is 4.79 Å². The third-order valence-corrected chi connectivity index (χ3v) is 2.74. The van der Waals surface area contributed by atoms with Crippen LogP contribution >= 0.6 is 0 Å². The smallest absolute Gasteiger partial charge is 0.251 e. The van der Waals surface area contributed by atoms with E-state index in [0.29, 0.717) is 17.0 Å². The first-order valence-electron chi connectivity index (χ1n) is 5.76. The molecule has 0 aliphatic heterocycles. The molecule has 0 spiro atoms. The number of nitrogens with one attached hydrogen (secondary N) is 1. The van der Waals surface area contributed by atoms with Crippen LogP contribution in [0.1, 0.15) is 34.7 Å². The maximum atomic E-state index is 12.1. The number of amides is 1. The lowest BCUT2D eigenvalue weighted by Crippen LogP contribution is -2.28. The lowest BCUT2D eigenvalue weighted by molar-refractivity contribution is 0.0937. The minimum Gasteiger partial charge on any atom is -0.342 e. The summed E-state index contributed by atoms with van der Waals surface area (Å²) in [4.78, 5) is 12.1. The normalized spacial score (nSPS) is 11.6. The van der Waals surface area contributed by atoms with Crippen LogP contribution in [-0.2, 0) is 7.05 Å². The number of aryl methyl sites for hydroxylation is 1. The van der Waals surface area contributed by atoms with Gasteiger partial charge in [0, 0.05) is 12.6 Å². The van der Waals surface area contributed by atoms with Gasteiger partial charge in [-0.25, -0.2) is 0 Å². The summed E-state index contributed by atoms with van der Waals surface area (Å²) in [6.45, 7) is 1.83. The van der Waals surface area contributed by atoms with E-state index in [2.05, 4.69) is 15.5 Å². The van der Waals surface area contributed by atoms with Crippen molar-refractivity contribution in [1.82, 2.24) is 20.1 Å². The number of carbonyl (C=O) groups excluding carboxylic acids is 1. The monoisotopic (exact) mass is 255 g/mol. The van der Waals surface area contributed by atoms with Crippen molar-refractivity contribution in [3.63, 3.8) is 0 Å². The molecule has 1 N–H and O–H groups in total. The molecular formula is C13H13N5O. The fourth-order valence-electron chi connectivity index (χ4n) is 1.76. The highest BCUT2D eigenvalue weighted by molar-refractivity contribution is 5.94. The lowest BCUT2D eigenvalue weighted by Gasteiger charge is -2.12. The number of nitriles is 1. The van der Waals surface area contributed by atoms with Crippen LogP contribution in [0.2, 0.25) is 0 Å². The Bertz CT molecular complexity index is 640. The van der Waals surface area contributed by atoms with Crippen molar-refractivity contribution in [2.75, 3.05) is 0 Å². The van der Waals surface area contributed by atoms with Crippen molar-refractivity contribution in [2.45, 2.75) is 13.0 Å². The van der Waals surface area contributed by atoms with Crippen molar-refractivity contribution in [2.24, 2.45) is 7.05 Å². The second-order valence-corrected chi connectivity index (χ2v) is 4.19. The highest BCUT2D eigenvalue weighted by Gasteiger charge is 2.15. The maximum Gasteiger partial charge on any atom is 0.251 e. The van der Waals surface area contributed by atoms with Gasteiger partial charge in [0.25, 0.3) is 5.91 Å². The van der Waals surface area contributed by atoms with Crippen LogP contribution in [0.3, 0.4) is 0 Å². The zero-order chi connectivity index (χ0) is 13.8. The first-order valence-corrected chi connectivity index (χ1v) is 5.76. The van der Waals surface area contributed by atoms with E-state index >= 15 is 0 Å². The number of hydrogen-bond donors (Lipinski definition) is 1. The topological polar surface area (TPSA) is 83.6 Å². The minimum atomic E-state index is -0.259. The molecule has 1 unspecified atom stereocenters. The van der Waals surface area contributed by atoms with Gasteiger partial charge in [0.2, 0.25) is 0 Å². The SMILES string of the molecule is CC(NC(=O)c1cccc(C#N)c1)c1nncn1C. The Hall–Kier alpha value is -2.68. The fraction of sp³-hybridized carbons (Fsp3) is 0.231. The van der Waals surface area contributed by atoms with Crippen molar-refractivity contribution >= 4 is 5.91 Å². The maximum absolute atomic E-state index is 12.1. The summed E-state index contributed by atoms with van der Waals surface area (Å²) in [5.74, 6) is 0.428. The van der Waals surface area contributed by atoms with Gasteiger partial charge in [-0.15, -0.1) is 10.2 Å². The van der Waals surface area contributed by atoms with E-state index in [9.17, 15) is 4.79 Å². The molecule has 0 saturated carbocycles. The Morgan fingerprint density at radius 2 is 2.32 bits per heavy atom. The first-order chi connectivity index (χ1) is 9.11. The largest absolute Gasteiger partial charge is 0.342 e. The zero-order valence-electron chi connectivity index (χ0n) is 10.7. The van der Waals surface area contributed by atoms with Gasteiger partial charge in [0.1, 0.15) is 6.33 Å². The average Bonchev–Trinajstić information content (AvgIpc) is 2.85.